The highest BCUT2D eigenvalue weighted by atomic mass is 32.2. The number of pyridine rings is 1. The Balaban J connectivity index is 2.27. The van der Waals surface area contributed by atoms with Crippen LogP contribution in [0.5, 0.6) is 0 Å². The van der Waals surface area contributed by atoms with Crippen LogP contribution in [0.1, 0.15) is 0 Å². The molecule has 0 atom stereocenters. The number of nitrogens with one attached hydrogen (secondary N) is 1. The van der Waals surface area contributed by atoms with Crippen LogP contribution in [0.2, 0.25) is 0 Å². The number of nitrogens with zero attached hydrogens (tertiary/aromatic N) is 2. The number of aromatic nitrogens is 3. The Labute approximate surface area is 121 Å². The van der Waals surface area contributed by atoms with Crippen molar-refractivity contribution in [3.8, 4) is 0 Å². The first-order chi connectivity index (χ1) is 9.46. The van der Waals surface area contributed by atoms with Crippen molar-refractivity contribution in [1.29, 1.82) is 0 Å². The van der Waals surface area contributed by atoms with E-state index in [1.54, 1.807) is 6.20 Å². The van der Waals surface area contributed by atoms with Gasteiger partial charge in [0.2, 0.25) is 0 Å². The minimum absolute atomic E-state index is 0.0604. The molecule has 3 rings (SSSR count). The standard InChI is InChI=1S/C13H13N3O2S2/c1-20(17,18)7-6-16-12-9-4-2-3-5-10(9)14-8-11(12)15-13(16)19/h2-5,8H,6-7H2,1H3,(H,15,19). The molecule has 2 aromatic heterocycles. The lowest BCUT2D eigenvalue weighted by Gasteiger charge is -2.05. The van der Waals surface area contributed by atoms with Crippen molar-refractivity contribution in [2.75, 3.05) is 12.0 Å². The molecule has 104 valence electrons. The van der Waals surface area contributed by atoms with Gasteiger partial charge in [-0.25, -0.2) is 8.42 Å². The Hall–Kier alpha value is -1.73. The highest BCUT2D eigenvalue weighted by Gasteiger charge is 2.11. The van der Waals surface area contributed by atoms with Gasteiger partial charge in [-0.3, -0.25) is 4.98 Å². The number of para-hydroxylation sites is 1. The smallest absolute Gasteiger partial charge is 0.178 e. The van der Waals surface area contributed by atoms with E-state index >= 15 is 0 Å². The molecule has 20 heavy (non-hydrogen) atoms. The number of benzene rings is 1. The van der Waals surface area contributed by atoms with Gasteiger partial charge in [0.05, 0.1) is 28.5 Å². The summed E-state index contributed by atoms with van der Waals surface area (Å²) in [6.45, 7) is 0.339. The second-order valence-electron chi connectivity index (χ2n) is 4.75. The van der Waals surface area contributed by atoms with Crippen LogP contribution in [-0.2, 0) is 16.4 Å². The fourth-order valence-corrected chi connectivity index (χ4v) is 3.07. The first kappa shape index (κ1) is 13.3. The zero-order valence-corrected chi connectivity index (χ0v) is 12.5. The van der Waals surface area contributed by atoms with Gasteiger partial charge in [-0.15, -0.1) is 0 Å². The van der Waals surface area contributed by atoms with Crippen molar-refractivity contribution < 1.29 is 8.42 Å². The van der Waals surface area contributed by atoms with Crippen LogP contribution in [0.3, 0.4) is 0 Å². The fraction of sp³-hybridized carbons (Fsp3) is 0.231. The summed E-state index contributed by atoms with van der Waals surface area (Å²) < 4.78 is 25.1. The van der Waals surface area contributed by atoms with Gasteiger partial charge < -0.3 is 9.55 Å². The van der Waals surface area contributed by atoms with E-state index in [1.165, 1.54) is 6.26 Å². The quantitative estimate of drug-likeness (QED) is 0.754. The lowest BCUT2D eigenvalue weighted by atomic mass is 10.2. The predicted molar refractivity (Wildman–Crippen MR) is 82.1 cm³/mol. The summed E-state index contributed by atoms with van der Waals surface area (Å²) in [5, 5.41) is 0.964. The van der Waals surface area contributed by atoms with Crippen LogP contribution in [0.15, 0.2) is 30.5 Å². The van der Waals surface area contributed by atoms with Crippen LogP contribution in [-0.4, -0.2) is 35.0 Å². The van der Waals surface area contributed by atoms with E-state index in [9.17, 15) is 8.42 Å². The van der Waals surface area contributed by atoms with Crippen LogP contribution < -0.4 is 0 Å². The number of fused-ring (bicyclic) bond motifs is 3. The normalized spacial score (nSPS) is 12.2. The molecule has 0 aliphatic heterocycles. The summed E-state index contributed by atoms with van der Waals surface area (Å²) >= 11 is 5.29. The molecule has 0 radical (unpaired) electrons. The first-order valence-corrected chi connectivity index (χ1v) is 8.56. The molecule has 0 aliphatic rings. The molecule has 0 saturated heterocycles. The average molecular weight is 307 g/mol. The Morgan fingerprint density at radius 1 is 1.35 bits per heavy atom. The predicted octanol–water partition coefficient (Wildman–Crippen LogP) is 2.29. The van der Waals surface area contributed by atoms with Gasteiger partial charge in [0.15, 0.2) is 4.77 Å². The van der Waals surface area contributed by atoms with Gasteiger partial charge in [0.25, 0.3) is 0 Å². The molecule has 1 N–H and O–H groups in total. The second kappa shape index (κ2) is 4.68. The molecule has 0 unspecified atom stereocenters. The van der Waals surface area contributed by atoms with Crippen molar-refractivity contribution in [2.24, 2.45) is 0 Å². The molecular weight excluding hydrogens is 294 g/mol. The Morgan fingerprint density at radius 2 is 2.10 bits per heavy atom. The van der Waals surface area contributed by atoms with E-state index < -0.39 is 9.84 Å². The molecule has 0 fully saturated rings. The van der Waals surface area contributed by atoms with Crippen LogP contribution in [0, 0.1) is 4.77 Å². The molecule has 5 nitrogen and oxygen atoms in total. The molecule has 0 aliphatic carbocycles. The third-order valence-electron chi connectivity index (χ3n) is 3.19. The SMILES string of the molecule is CS(=O)(=O)CCn1c(=S)[nH]c2cnc3ccccc3c21. The Morgan fingerprint density at radius 3 is 2.85 bits per heavy atom. The molecular formula is C13H13N3O2S2. The van der Waals surface area contributed by atoms with Gasteiger partial charge in [-0.2, -0.15) is 0 Å². The van der Waals surface area contributed by atoms with Crippen LogP contribution in [0.25, 0.3) is 21.9 Å². The molecule has 2 heterocycles. The van der Waals surface area contributed by atoms with Gasteiger partial charge in [0.1, 0.15) is 9.84 Å². The van der Waals surface area contributed by atoms with Crippen molar-refractivity contribution in [3.05, 3.63) is 35.2 Å². The number of sulfone groups is 1. The number of aryl methyl sites for hydroxylation is 1. The van der Waals surface area contributed by atoms with Crippen molar-refractivity contribution in [2.45, 2.75) is 6.54 Å². The Bertz CT molecular complexity index is 955. The zero-order valence-electron chi connectivity index (χ0n) is 10.8. The topological polar surface area (TPSA) is 67.8 Å². The molecule has 0 saturated carbocycles. The maximum atomic E-state index is 11.4. The molecule has 7 heteroatoms. The summed E-state index contributed by atoms with van der Waals surface area (Å²) in [5.41, 5.74) is 2.59. The lowest BCUT2D eigenvalue weighted by molar-refractivity contribution is 0.595. The fourth-order valence-electron chi connectivity index (χ4n) is 2.26. The number of H-pyrrole nitrogens is 1. The number of hydrogen-bond donors (Lipinski definition) is 1. The van der Waals surface area contributed by atoms with E-state index in [0.29, 0.717) is 11.3 Å². The highest BCUT2D eigenvalue weighted by molar-refractivity contribution is 7.90. The van der Waals surface area contributed by atoms with Crippen molar-refractivity contribution >= 4 is 44.0 Å². The minimum atomic E-state index is -3.04. The molecule has 3 aromatic rings. The maximum absolute atomic E-state index is 11.4. The van der Waals surface area contributed by atoms with E-state index in [0.717, 1.165) is 21.9 Å². The number of imidazole rings is 1. The maximum Gasteiger partial charge on any atom is 0.178 e. The van der Waals surface area contributed by atoms with E-state index in [1.807, 2.05) is 28.8 Å². The molecule has 0 bridgehead atoms. The van der Waals surface area contributed by atoms with Crippen LogP contribution >= 0.6 is 12.2 Å². The zero-order chi connectivity index (χ0) is 14.3. The molecule has 0 amide bonds. The second-order valence-corrected chi connectivity index (χ2v) is 7.40. The van der Waals surface area contributed by atoms with Gasteiger partial charge in [0, 0.05) is 18.2 Å². The molecule has 0 spiro atoms. The summed E-state index contributed by atoms with van der Waals surface area (Å²) in [6.07, 6.45) is 2.95. The lowest BCUT2D eigenvalue weighted by Crippen LogP contribution is -2.11. The van der Waals surface area contributed by atoms with E-state index in [4.69, 9.17) is 12.2 Å². The van der Waals surface area contributed by atoms with Gasteiger partial charge in [-0.05, 0) is 18.3 Å². The van der Waals surface area contributed by atoms with Gasteiger partial charge in [-0.1, -0.05) is 18.2 Å². The largest absolute Gasteiger partial charge is 0.329 e. The monoisotopic (exact) mass is 307 g/mol. The summed E-state index contributed by atoms with van der Waals surface area (Å²) in [6, 6.07) is 7.74. The van der Waals surface area contributed by atoms with Gasteiger partial charge >= 0.3 is 0 Å². The minimum Gasteiger partial charge on any atom is -0.329 e. The van der Waals surface area contributed by atoms with E-state index in [2.05, 4.69) is 9.97 Å². The average Bonchev–Trinajstić information content (AvgIpc) is 2.71. The third-order valence-corrected chi connectivity index (χ3v) is 4.44. The van der Waals surface area contributed by atoms with E-state index in [-0.39, 0.29) is 5.75 Å². The highest BCUT2D eigenvalue weighted by Crippen LogP contribution is 2.23. The Kier molecular flexibility index (Phi) is 3.10. The number of rotatable bonds is 3. The van der Waals surface area contributed by atoms with Crippen molar-refractivity contribution in [3.63, 3.8) is 0 Å². The van der Waals surface area contributed by atoms with Crippen LogP contribution in [0.4, 0.5) is 0 Å². The summed E-state index contributed by atoms with van der Waals surface area (Å²) in [4.78, 5) is 7.44. The summed E-state index contributed by atoms with van der Waals surface area (Å²) in [7, 11) is -3.04. The first-order valence-electron chi connectivity index (χ1n) is 6.10. The molecule has 1 aromatic carbocycles. The third kappa shape index (κ3) is 2.34. The number of hydrogen-bond acceptors (Lipinski definition) is 4. The summed E-state index contributed by atoms with van der Waals surface area (Å²) in [5.74, 6) is 0.0604. The van der Waals surface area contributed by atoms with Crippen molar-refractivity contribution in [1.82, 2.24) is 14.5 Å². The number of aromatic amines is 1.